The zero-order valence-electron chi connectivity index (χ0n) is 32.5. The topological polar surface area (TPSA) is 104 Å². The number of benzene rings is 1. The number of carbonyl (C=O) groups is 2. The molecule has 2 saturated carbocycles. The van der Waals surface area contributed by atoms with E-state index in [9.17, 15) is 24.9 Å². The summed E-state index contributed by atoms with van der Waals surface area (Å²) in [5, 5.41) is 31.0. The van der Waals surface area contributed by atoms with Crippen molar-refractivity contribution in [1.29, 1.82) is 0 Å². The monoisotopic (exact) mass is 742 g/mol. The summed E-state index contributed by atoms with van der Waals surface area (Å²) >= 11 is 6.68. The van der Waals surface area contributed by atoms with Gasteiger partial charge in [0.1, 0.15) is 5.75 Å². The average Bonchev–Trinajstić information content (AvgIpc) is 3.38. The van der Waals surface area contributed by atoms with Crippen molar-refractivity contribution < 1.29 is 29.6 Å². The lowest BCUT2D eigenvalue weighted by atomic mass is 9.63. The first-order chi connectivity index (χ1) is 25.2. The lowest BCUT2D eigenvalue weighted by Gasteiger charge is -2.45. The lowest BCUT2D eigenvalue weighted by molar-refractivity contribution is -0.151. The Morgan fingerprint density at radius 2 is 1.54 bits per heavy atom. The van der Waals surface area contributed by atoms with E-state index in [1.165, 1.54) is 77.0 Å². The van der Waals surface area contributed by atoms with Crippen LogP contribution in [0.3, 0.4) is 0 Å². The third kappa shape index (κ3) is 14.9. The van der Waals surface area contributed by atoms with Gasteiger partial charge in [-0.3, -0.25) is 4.79 Å². The van der Waals surface area contributed by atoms with Crippen LogP contribution in [0.1, 0.15) is 161 Å². The molecular formula is C45H71ClO6. The summed E-state index contributed by atoms with van der Waals surface area (Å²) < 4.78 is 6.17. The van der Waals surface area contributed by atoms with Gasteiger partial charge in [0.2, 0.25) is 5.78 Å². The lowest BCUT2D eigenvalue weighted by Crippen LogP contribution is -2.40. The van der Waals surface area contributed by atoms with Gasteiger partial charge in [-0.05, 0) is 87.2 Å². The van der Waals surface area contributed by atoms with Crippen LogP contribution in [0.25, 0.3) is 0 Å². The van der Waals surface area contributed by atoms with Crippen LogP contribution in [0.15, 0.2) is 48.6 Å². The Bertz CT molecular complexity index is 1200. The zero-order valence-corrected chi connectivity index (χ0v) is 33.3. The minimum Gasteiger partial charge on any atom is -0.493 e. The van der Waals surface area contributed by atoms with E-state index in [2.05, 4.69) is 13.8 Å². The van der Waals surface area contributed by atoms with Crippen LogP contribution >= 0.6 is 11.6 Å². The van der Waals surface area contributed by atoms with Crippen LogP contribution in [0, 0.1) is 23.2 Å². The van der Waals surface area contributed by atoms with Crippen LogP contribution in [-0.4, -0.2) is 51.3 Å². The van der Waals surface area contributed by atoms with Crippen LogP contribution < -0.4 is 4.74 Å². The molecule has 6 atom stereocenters. The summed E-state index contributed by atoms with van der Waals surface area (Å²) in [5.41, 5.74) is 1.04. The molecule has 0 aromatic heterocycles. The van der Waals surface area contributed by atoms with Crippen molar-refractivity contribution in [3.63, 3.8) is 0 Å². The Morgan fingerprint density at radius 3 is 2.13 bits per heavy atom. The number of Topliss-reactive ketones (excluding diaryl/α,β-unsaturated/α-hetero) is 1. The number of ether oxygens (including phenoxy) is 1. The highest BCUT2D eigenvalue weighted by Gasteiger charge is 2.42. The van der Waals surface area contributed by atoms with Crippen molar-refractivity contribution in [2.24, 2.45) is 23.2 Å². The smallest absolute Gasteiger partial charge is 0.372 e. The number of aliphatic carboxylic acids is 1. The quantitative estimate of drug-likeness (QED) is 0.0327. The molecule has 0 aliphatic heterocycles. The number of unbranched alkanes of at least 4 members (excludes halogenated alkanes) is 12. The van der Waals surface area contributed by atoms with Gasteiger partial charge in [-0.25, -0.2) is 4.79 Å². The molecule has 0 amide bonds. The maximum Gasteiger partial charge on any atom is 0.372 e. The van der Waals surface area contributed by atoms with Crippen molar-refractivity contribution >= 4 is 23.4 Å². The highest BCUT2D eigenvalue weighted by molar-refractivity contribution is 6.33. The number of halogens is 1. The van der Waals surface area contributed by atoms with E-state index in [0.29, 0.717) is 45.1 Å². The molecule has 0 heterocycles. The van der Waals surface area contributed by atoms with Gasteiger partial charge in [-0.15, -0.1) is 11.6 Å². The van der Waals surface area contributed by atoms with E-state index in [-0.39, 0.29) is 28.7 Å². The summed E-state index contributed by atoms with van der Waals surface area (Å²) in [4.78, 5) is 24.4. The summed E-state index contributed by atoms with van der Waals surface area (Å²) in [7, 11) is 0. The third-order valence-electron chi connectivity index (χ3n) is 12.2. The molecule has 6 nitrogen and oxygen atoms in total. The number of aryl methyl sites for hydroxylation is 1. The highest BCUT2D eigenvalue weighted by atomic mass is 35.5. The van der Waals surface area contributed by atoms with Gasteiger partial charge in [-0.2, -0.15) is 0 Å². The molecule has 0 saturated heterocycles. The normalized spacial score (nSPS) is 22.5. The number of alkyl halides is 1. The number of carboxylic acid groups (broad SMARTS) is 1. The second kappa shape index (κ2) is 25.0. The Morgan fingerprint density at radius 1 is 0.904 bits per heavy atom. The first-order valence-corrected chi connectivity index (χ1v) is 21.5. The average molecular weight is 744 g/mol. The van der Waals surface area contributed by atoms with Crippen molar-refractivity contribution in [3.05, 3.63) is 54.1 Å². The number of hydrogen-bond acceptors (Lipinski definition) is 5. The van der Waals surface area contributed by atoms with Crippen LogP contribution in [0.5, 0.6) is 5.75 Å². The van der Waals surface area contributed by atoms with E-state index in [1.54, 1.807) is 0 Å². The number of hydrogen-bond donors (Lipinski definition) is 3. The van der Waals surface area contributed by atoms with Crippen LogP contribution in [-0.2, 0) is 16.0 Å². The molecule has 2 aliphatic rings. The Balaban J connectivity index is 1.41. The van der Waals surface area contributed by atoms with E-state index in [4.69, 9.17) is 16.3 Å². The molecule has 1 unspecified atom stereocenters. The summed E-state index contributed by atoms with van der Waals surface area (Å²) in [6.07, 6.45) is 31.4. The Hall–Kier alpha value is -2.15. The summed E-state index contributed by atoms with van der Waals surface area (Å²) in [5.74, 6) is -2.07. The number of aliphatic hydroxyl groups excluding tert-OH is 2. The number of carboxylic acids is 1. The standard InChI is InChI=1S/C45H71ClO6/c1-3-5-6-7-8-9-10-11-12-13-14-15-20-33-52-41-27-19-17-23-35(41)29-30-36(43(49)44(50)51)24-16-18-25-37-38(40(47)34-39(37)46)26-21-28-42(48)45(4-2)31-22-32-45/h16-19,21,23,26-27,36-40,42,47-48H,3-15,20,22,24-25,28-34H2,1-2H3,(H,50,51)/t36?,37-,38-,39-,40-,42+/m1/s1. The fourth-order valence-electron chi connectivity index (χ4n) is 8.36. The Kier molecular flexibility index (Phi) is 21.3. The molecule has 52 heavy (non-hydrogen) atoms. The second-order valence-corrected chi connectivity index (χ2v) is 16.4. The van der Waals surface area contributed by atoms with Gasteiger partial charge in [-0.1, -0.05) is 140 Å². The predicted molar refractivity (Wildman–Crippen MR) is 214 cm³/mol. The van der Waals surface area contributed by atoms with Crippen molar-refractivity contribution in [2.75, 3.05) is 6.61 Å². The fraction of sp³-hybridized carbons (Fsp3) is 0.733. The number of allylic oxidation sites excluding steroid dienone is 2. The molecule has 1 aromatic carbocycles. The van der Waals surface area contributed by atoms with Crippen molar-refractivity contribution in [1.82, 2.24) is 0 Å². The molecule has 2 fully saturated rings. The molecule has 3 N–H and O–H groups in total. The maximum absolute atomic E-state index is 12.7. The number of para-hydroxylation sites is 1. The third-order valence-corrected chi connectivity index (χ3v) is 12.7. The number of carbonyl (C=O) groups excluding carboxylic acids is 1. The fourth-order valence-corrected chi connectivity index (χ4v) is 8.81. The Labute approximate surface area is 320 Å². The number of aliphatic hydroxyl groups is 2. The van der Waals surface area contributed by atoms with E-state index < -0.39 is 23.8 Å². The molecule has 294 valence electrons. The molecule has 7 heteroatoms. The molecule has 2 aliphatic carbocycles. The van der Waals surface area contributed by atoms with Gasteiger partial charge in [0.15, 0.2) is 0 Å². The number of ketones is 1. The van der Waals surface area contributed by atoms with Gasteiger partial charge >= 0.3 is 5.97 Å². The first kappa shape index (κ1) is 44.2. The van der Waals surface area contributed by atoms with E-state index in [0.717, 1.165) is 43.4 Å². The van der Waals surface area contributed by atoms with Crippen molar-refractivity contribution in [2.45, 2.75) is 179 Å². The number of rotatable bonds is 29. The van der Waals surface area contributed by atoms with Crippen LogP contribution in [0.2, 0.25) is 0 Å². The first-order valence-electron chi connectivity index (χ1n) is 21.0. The summed E-state index contributed by atoms with van der Waals surface area (Å²) in [6, 6.07) is 7.88. The van der Waals surface area contributed by atoms with Gasteiger partial charge in [0, 0.05) is 17.2 Å². The maximum atomic E-state index is 12.7. The minimum absolute atomic E-state index is 0.0257. The van der Waals surface area contributed by atoms with Gasteiger partial charge in [0.25, 0.3) is 0 Å². The highest BCUT2D eigenvalue weighted by Crippen LogP contribution is 2.48. The molecule has 3 rings (SSSR count). The molecule has 0 radical (unpaired) electrons. The molecule has 0 spiro atoms. The summed E-state index contributed by atoms with van der Waals surface area (Å²) in [6.45, 7) is 5.07. The minimum atomic E-state index is -1.40. The predicted octanol–water partition coefficient (Wildman–Crippen LogP) is 11.2. The van der Waals surface area contributed by atoms with Crippen molar-refractivity contribution in [3.8, 4) is 5.75 Å². The second-order valence-electron chi connectivity index (χ2n) is 15.9. The van der Waals surface area contributed by atoms with Gasteiger partial charge < -0.3 is 20.1 Å². The molecule has 1 aromatic rings. The molecule has 0 bridgehead atoms. The SMILES string of the molecule is CCCCCCCCCCCCCCCOc1ccccc1CCC(CC=CC[C@@H]1[C@@H](C=CC[C@H](O)C2(CC)CCC2)[C@H](O)C[C@H]1Cl)C(=O)C(=O)O. The van der Waals surface area contributed by atoms with E-state index >= 15 is 0 Å². The van der Waals surface area contributed by atoms with Gasteiger partial charge in [0.05, 0.1) is 18.8 Å². The zero-order chi connectivity index (χ0) is 37.6. The molecular weight excluding hydrogens is 672 g/mol. The van der Waals surface area contributed by atoms with E-state index in [1.807, 2.05) is 48.6 Å². The largest absolute Gasteiger partial charge is 0.493 e. The van der Waals surface area contributed by atoms with Crippen LogP contribution in [0.4, 0.5) is 0 Å².